The van der Waals surface area contributed by atoms with Gasteiger partial charge in [-0.25, -0.2) is 26.4 Å². The minimum atomic E-state index is -4.46. The molecule has 0 atom stereocenters. The first-order valence-electron chi connectivity index (χ1n) is 7.60. The number of benzene rings is 2. The molecule has 1 aliphatic carbocycles. The van der Waals surface area contributed by atoms with E-state index in [1.165, 1.54) is 24.3 Å². The number of halogens is 3. The van der Waals surface area contributed by atoms with Gasteiger partial charge in [0.05, 0.1) is 0 Å². The van der Waals surface area contributed by atoms with Gasteiger partial charge >= 0.3 is 6.03 Å². The molecule has 0 saturated heterocycles. The average molecular weight is 385 g/mol. The zero-order chi connectivity index (χ0) is 18.9. The fourth-order valence-corrected chi connectivity index (χ4v) is 3.26. The molecule has 0 aliphatic heterocycles. The Kier molecular flexibility index (Phi) is 4.77. The molecule has 1 saturated carbocycles. The maximum absolute atomic E-state index is 13.7. The Balaban J connectivity index is 1.71. The van der Waals surface area contributed by atoms with Crippen LogP contribution in [-0.4, -0.2) is 20.5 Å². The third-order valence-corrected chi connectivity index (χ3v) is 5.00. The van der Waals surface area contributed by atoms with E-state index >= 15 is 0 Å². The van der Waals surface area contributed by atoms with Gasteiger partial charge in [0, 0.05) is 17.4 Å². The molecule has 138 valence electrons. The highest BCUT2D eigenvalue weighted by molar-refractivity contribution is 7.92. The van der Waals surface area contributed by atoms with Crippen LogP contribution in [0.1, 0.15) is 12.8 Å². The first kappa shape index (κ1) is 18.1. The van der Waals surface area contributed by atoms with Gasteiger partial charge in [-0.15, -0.1) is 0 Å². The number of anilines is 2. The van der Waals surface area contributed by atoms with Crippen LogP contribution in [0.25, 0.3) is 0 Å². The van der Waals surface area contributed by atoms with Crippen LogP contribution >= 0.6 is 0 Å². The molecule has 0 heterocycles. The van der Waals surface area contributed by atoms with Gasteiger partial charge in [0.1, 0.15) is 4.90 Å². The van der Waals surface area contributed by atoms with Crippen LogP contribution in [0.5, 0.6) is 0 Å². The number of carbonyl (C=O) groups excluding carboxylic acids is 1. The smallest absolute Gasteiger partial charge is 0.319 e. The Morgan fingerprint density at radius 3 is 2.15 bits per heavy atom. The molecule has 6 nitrogen and oxygen atoms in total. The lowest BCUT2D eigenvalue weighted by Crippen LogP contribution is -2.30. The van der Waals surface area contributed by atoms with Crippen molar-refractivity contribution >= 4 is 27.4 Å². The van der Waals surface area contributed by atoms with Gasteiger partial charge in [0.25, 0.3) is 10.0 Å². The molecule has 0 unspecified atom stereocenters. The summed E-state index contributed by atoms with van der Waals surface area (Å²) in [5.41, 5.74) is 0.479. The minimum Gasteiger partial charge on any atom is -0.335 e. The Bertz CT molecular complexity index is 945. The lowest BCUT2D eigenvalue weighted by molar-refractivity contribution is 0.251. The molecule has 3 N–H and O–H groups in total. The summed E-state index contributed by atoms with van der Waals surface area (Å²) in [6, 6.07) is 6.52. The number of nitrogens with one attached hydrogen (secondary N) is 3. The second kappa shape index (κ2) is 6.87. The summed E-state index contributed by atoms with van der Waals surface area (Å²) >= 11 is 0. The van der Waals surface area contributed by atoms with Crippen LogP contribution in [-0.2, 0) is 10.0 Å². The Labute approximate surface area is 147 Å². The maximum atomic E-state index is 13.7. The summed E-state index contributed by atoms with van der Waals surface area (Å²) in [6.45, 7) is 0. The van der Waals surface area contributed by atoms with Gasteiger partial charge in [0.15, 0.2) is 17.5 Å². The van der Waals surface area contributed by atoms with E-state index in [0.29, 0.717) is 17.8 Å². The largest absolute Gasteiger partial charge is 0.335 e. The number of hydrogen-bond donors (Lipinski definition) is 3. The van der Waals surface area contributed by atoms with Gasteiger partial charge in [0.2, 0.25) is 0 Å². The maximum Gasteiger partial charge on any atom is 0.319 e. The molecule has 2 aromatic rings. The molecule has 0 radical (unpaired) electrons. The molecule has 1 fully saturated rings. The van der Waals surface area contributed by atoms with Gasteiger partial charge < -0.3 is 10.6 Å². The van der Waals surface area contributed by atoms with Crippen LogP contribution in [0.15, 0.2) is 41.3 Å². The van der Waals surface area contributed by atoms with Crippen molar-refractivity contribution in [1.29, 1.82) is 0 Å². The topological polar surface area (TPSA) is 87.3 Å². The Morgan fingerprint density at radius 2 is 1.54 bits per heavy atom. The summed E-state index contributed by atoms with van der Waals surface area (Å²) in [7, 11) is -4.46. The normalized spacial score (nSPS) is 14.0. The summed E-state index contributed by atoms with van der Waals surface area (Å²) in [6.07, 6.45) is 1.88. The van der Waals surface area contributed by atoms with Gasteiger partial charge in [-0.1, -0.05) is 0 Å². The van der Waals surface area contributed by atoms with Gasteiger partial charge in [-0.2, -0.15) is 0 Å². The molecule has 0 spiro atoms. The molecule has 3 rings (SSSR count). The number of rotatable bonds is 5. The van der Waals surface area contributed by atoms with Gasteiger partial charge in [-0.3, -0.25) is 4.72 Å². The number of amides is 2. The van der Waals surface area contributed by atoms with Crippen LogP contribution in [0.2, 0.25) is 0 Å². The molecule has 0 aromatic heterocycles. The zero-order valence-electron chi connectivity index (χ0n) is 13.2. The van der Waals surface area contributed by atoms with Crippen molar-refractivity contribution in [2.45, 2.75) is 23.8 Å². The second-order valence-corrected chi connectivity index (χ2v) is 7.38. The lowest BCUT2D eigenvalue weighted by Gasteiger charge is -2.11. The predicted molar refractivity (Wildman–Crippen MR) is 88.7 cm³/mol. The molecule has 1 aliphatic rings. The molecular formula is C16H14F3N3O3S. The Hall–Kier alpha value is -2.75. The van der Waals surface area contributed by atoms with E-state index < -0.39 is 32.4 Å². The van der Waals surface area contributed by atoms with Crippen molar-refractivity contribution in [1.82, 2.24) is 5.32 Å². The number of urea groups is 1. The molecule has 0 bridgehead atoms. The molecule has 2 aromatic carbocycles. The third-order valence-electron chi connectivity index (χ3n) is 3.60. The number of hydrogen-bond acceptors (Lipinski definition) is 3. The quantitative estimate of drug-likeness (QED) is 0.691. The third kappa shape index (κ3) is 4.07. The van der Waals surface area contributed by atoms with Crippen molar-refractivity contribution in [3.8, 4) is 0 Å². The summed E-state index contributed by atoms with van der Waals surface area (Å²) in [5, 5.41) is 5.30. The van der Waals surface area contributed by atoms with Gasteiger partial charge in [-0.05, 0) is 49.2 Å². The first-order chi connectivity index (χ1) is 12.3. The van der Waals surface area contributed by atoms with Crippen LogP contribution in [0, 0.1) is 17.5 Å². The van der Waals surface area contributed by atoms with Crippen molar-refractivity contribution in [2.24, 2.45) is 0 Å². The average Bonchev–Trinajstić information content (AvgIpc) is 3.38. The van der Waals surface area contributed by atoms with Crippen LogP contribution in [0.3, 0.4) is 0 Å². The van der Waals surface area contributed by atoms with E-state index in [1.807, 2.05) is 0 Å². The molecular weight excluding hydrogens is 371 g/mol. The molecule has 2 amide bonds. The van der Waals surface area contributed by atoms with Crippen molar-refractivity contribution < 1.29 is 26.4 Å². The van der Waals surface area contributed by atoms with E-state index in [0.717, 1.165) is 12.8 Å². The monoisotopic (exact) mass is 385 g/mol. The van der Waals surface area contributed by atoms with Crippen LogP contribution < -0.4 is 15.4 Å². The fourth-order valence-electron chi connectivity index (χ4n) is 2.13. The second-order valence-electron chi connectivity index (χ2n) is 5.73. The van der Waals surface area contributed by atoms with E-state index in [2.05, 4.69) is 15.4 Å². The van der Waals surface area contributed by atoms with E-state index in [9.17, 15) is 26.4 Å². The summed E-state index contributed by atoms with van der Waals surface area (Å²) < 4.78 is 66.2. The standard InChI is InChI=1S/C16H14F3N3O3S/c17-12-7-8-13(15(19)14(12)18)26(24,25)22-11-5-3-10(4-6-11)21-16(23)20-9-1-2-9/h3-9,22H,1-2H2,(H2,20,21,23). The van der Waals surface area contributed by atoms with Crippen molar-refractivity contribution in [2.75, 3.05) is 10.0 Å². The van der Waals surface area contributed by atoms with E-state index in [-0.39, 0.29) is 17.8 Å². The molecule has 26 heavy (non-hydrogen) atoms. The van der Waals surface area contributed by atoms with E-state index in [4.69, 9.17) is 0 Å². The lowest BCUT2D eigenvalue weighted by atomic mass is 10.3. The zero-order valence-corrected chi connectivity index (χ0v) is 14.0. The van der Waals surface area contributed by atoms with Crippen molar-refractivity contribution in [3.05, 3.63) is 53.8 Å². The number of carbonyl (C=O) groups is 1. The highest BCUT2D eigenvalue weighted by Crippen LogP contribution is 2.23. The van der Waals surface area contributed by atoms with Crippen molar-refractivity contribution in [3.63, 3.8) is 0 Å². The highest BCUT2D eigenvalue weighted by atomic mass is 32.2. The molecule has 10 heteroatoms. The SMILES string of the molecule is O=C(Nc1ccc(NS(=O)(=O)c2ccc(F)c(F)c2F)cc1)NC1CC1. The first-order valence-corrected chi connectivity index (χ1v) is 9.08. The predicted octanol–water partition coefficient (Wildman–Crippen LogP) is 3.19. The fraction of sp³-hybridized carbons (Fsp3) is 0.188. The summed E-state index contributed by atoms with van der Waals surface area (Å²) in [4.78, 5) is 10.6. The minimum absolute atomic E-state index is 0.0577. The Morgan fingerprint density at radius 1 is 0.923 bits per heavy atom. The number of sulfonamides is 1. The highest BCUT2D eigenvalue weighted by Gasteiger charge is 2.24. The van der Waals surface area contributed by atoms with E-state index in [1.54, 1.807) is 0 Å². The van der Waals surface area contributed by atoms with Crippen LogP contribution in [0.4, 0.5) is 29.3 Å². The summed E-state index contributed by atoms with van der Waals surface area (Å²) in [5.74, 6) is -5.15.